The fourth-order valence-corrected chi connectivity index (χ4v) is 3.74. The van der Waals surface area contributed by atoms with Crippen molar-refractivity contribution in [2.75, 3.05) is 27.2 Å². The number of methoxy groups -OCH3 is 1. The number of likely N-dealkylation sites (tertiary alicyclic amines) is 1. The van der Waals surface area contributed by atoms with Gasteiger partial charge in [-0.25, -0.2) is 9.78 Å². The number of rotatable bonds is 4. The Morgan fingerprint density at radius 1 is 1.28 bits per heavy atom. The first-order valence-electron chi connectivity index (χ1n) is 10.3. The van der Waals surface area contributed by atoms with Crippen molar-refractivity contribution in [3.63, 3.8) is 0 Å². The maximum atomic E-state index is 11.9. The van der Waals surface area contributed by atoms with Crippen molar-refractivity contribution in [3.05, 3.63) is 29.6 Å². The van der Waals surface area contributed by atoms with Gasteiger partial charge in [-0.15, -0.1) is 0 Å². The van der Waals surface area contributed by atoms with E-state index in [1.807, 2.05) is 18.2 Å². The van der Waals surface area contributed by atoms with Crippen LogP contribution in [-0.2, 0) is 22.5 Å². The molecule has 0 aliphatic carbocycles. The van der Waals surface area contributed by atoms with Gasteiger partial charge in [0, 0.05) is 13.0 Å². The SMILES string of the molecule is CC=O.COC(=O)c1ccc2c(c1)nc(CC(C)(C)C)n2CC1CCN(C)CC1. The molecular formula is C23H35N3O3. The first kappa shape index (κ1) is 23.1. The summed E-state index contributed by atoms with van der Waals surface area (Å²) in [5.74, 6) is 1.49. The lowest BCUT2D eigenvalue weighted by atomic mass is 9.91. The average molecular weight is 402 g/mol. The molecule has 0 radical (unpaired) electrons. The van der Waals surface area contributed by atoms with Crippen LogP contribution in [0.2, 0.25) is 0 Å². The Labute approximate surface area is 174 Å². The van der Waals surface area contributed by atoms with Gasteiger partial charge in [0.15, 0.2) is 0 Å². The van der Waals surface area contributed by atoms with Crippen molar-refractivity contribution < 1.29 is 14.3 Å². The molecule has 6 nitrogen and oxygen atoms in total. The number of fused-ring (bicyclic) bond motifs is 1. The fourth-order valence-electron chi connectivity index (χ4n) is 3.74. The summed E-state index contributed by atoms with van der Waals surface area (Å²) in [4.78, 5) is 28.0. The number of benzene rings is 1. The molecular weight excluding hydrogens is 366 g/mol. The number of aromatic nitrogens is 2. The fraction of sp³-hybridized carbons (Fsp3) is 0.609. The van der Waals surface area contributed by atoms with Gasteiger partial charge in [0.05, 0.1) is 23.7 Å². The highest BCUT2D eigenvalue weighted by atomic mass is 16.5. The third kappa shape index (κ3) is 6.39. The maximum Gasteiger partial charge on any atom is 0.337 e. The summed E-state index contributed by atoms with van der Waals surface area (Å²) in [7, 11) is 3.61. The van der Waals surface area contributed by atoms with Gasteiger partial charge in [-0.2, -0.15) is 0 Å². The summed E-state index contributed by atoms with van der Waals surface area (Å²) < 4.78 is 7.24. The summed E-state index contributed by atoms with van der Waals surface area (Å²) in [6.07, 6.45) is 4.12. The average Bonchev–Trinajstić information content (AvgIpc) is 2.98. The minimum Gasteiger partial charge on any atom is -0.465 e. The predicted octanol–water partition coefficient (Wildman–Crippen LogP) is 3.96. The lowest BCUT2D eigenvalue weighted by Crippen LogP contribution is -2.32. The second-order valence-corrected chi connectivity index (χ2v) is 9.05. The minimum absolute atomic E-state index is 0.164. The van der Waals surface area contributed by atoms with Crippen LogP contribution < -0.4 is 0 Å². The Morgan fingerprint density at radius 2 is 1.90 bits per heavy atom. The second kappa shape index (κ2) is 10.0. The molecule has 0 bridgehead atoms. The maximum absolute atomic E-state index is 11.9. The Bertz CT molecular complexity index is 828. The molecule has 6 heteroatoms. The number of esters is 1. The Morgan fingerprint density at radius 3 is 2.45 bits per heavy atom. The molecule has 1 aromatic heterocycles. The molecule has 1 fully saturated rings. The third-order valence-corrected chi connectivity index (χ3v) is 5.22. The summed E-state index contributed by atoms with van der Waals surface area (Å²) in [5.41, 5.74) is 2.74. The summed E-state index contributed by atoms with van der Waals surface area (Å²) in [6, 6.07) is 5.73. The zero-order valence-electron chi connectivity index (χ0n) is 18.7. The molecule has 0 unspecified atom stereocenters. The minimum atomic E-state index is -0.311. The number of piperidine rings is 1. The van der Waals surface area contributed by atoms with Gasteiger partial charge in [-0.1, -0.05) is 20.8 Å². The van der Waals surface area contributed by atoms with Gasteiger partial charge in [0.1, 0.15) is 12.1 Å². The van der Waals surface area contributed by atoms with E-state index in [0.717, 1.165) is 36.1 Å². The monoisotopic (exact) mass is 401 g/mol. The number of hydrogen-bond donors (Lipinski definition) is 0. The van der Waals surface area contributed by atoms with Crippen LogP contribution in [0.1, 0.15) is 56.7 Å². The van der Waals surface area contributed by atoms with Crippen molar-refractivity contribution in [1.82, 2.24) is 14.5 Å². The normalized spacial score (nSPS) is 15.7. The Kier molecular flexibility index (Phi) is 7.96. The summed E-state index contributed by atoms with van der Waals surface area (Å²) in [6.45, 7) is 11.5. The Balaban J connectivity index is 0.000000941. The molecule has 1 aromatic carbocycles. The number of imidazole rings is 1. The van der Waals surface area contributed by atoms with Crippen LogP contribution >= 0.6 is 0 Å². The van der Waals surface area contributed by atoms with Crippen LogP contribution in [0, 0.1) is 11.3 Å². The molecule has 0 amide bonds. The first-order chi connectivity index (χ1) is 13.7. The first-order valence-corrected chi connectivity index (χ1v) is 10.3. The van der Waals surface area contributed by atoms with Gasteiger partial charge < -0.3 is 19.0 Å². The lowest BCUT2D eigenvalue weighted by molar-refractivity contribution is -0.106. The highest BCUT2D eigenvalue weighted by Gasteiger charge is 2.23. The zero-order valence-corrected chi connectivity index (χ0v) is 18.7. The van der Waals surface area contributed by atoms with Crippen LogP contribution in [0.15, 0.2) is 18.2 Å². The van der Waals surface area contributed by atoms with E-state index in [9.17, 15) is 4.79 Å². The van der Waals surface area contributed by atoms with E-state index in [1.165, 1.54) is 40.0 Å². The van der Waals surface area contributed by atoms with Gasteiger partial charge in [0.2, 0.25) is 0 Å². The molecule has 0 saturated carbocycles. The molecule has 0 spiro atoms. The van der Waals surface area contributed by atoms with E-state index in [-0.39, 0.29) is 11.4 Å². The largest absolute Gasteiger partial charge is 0.465 e. The van der Waals surface area contributed by atoms with Crippen molar-refractivity contribution >= 4 is 23.3 Å². The van der Waals surface area contributed by atoms with E-state index >= 15 is 0 Å². The molecule has 29 heavy (non-hydrogen) atoms. The summed E-state index contributed by atoms with van der Waals surface area (Å²) >= 11 is 0. The van der Waals surface area contributed by atoms with Crippen LogP contribution in [0.5, 0.6) is 0 Å². The van der Waals surface area contributed by atoms with Gasteiger partial charge in [0.25, 0.3) is 0 Å². The van der Waals surface area contributed by atoms with E-state index in [1.54, 1.807) is 0 Å². The highest BCUT2D eigenvalue weighted by molar-refractivity contribution is 5.93. The quantitative estimate of drug-likeness (QED) is 0.573. The van der Waals surface area contributed by atoms with E-state index in [0.29, 0.717) is 11.5 Å². The number of aldehydes is 1. The van der Waals surface area contributed by atoms with Crippen molar-refractivity contribution in [3.8, 4) is 0 Å². The lowest BCUT2D eigenvalue weighted by Gasteiger charge is -2.30. The summed E-state index contributed by atoms with van der Waals surface area (Å²) in [5, 5.41) is 0. The van der Waals surface area contributed by atoms with E-state index in [4.69, 9.17) is 14.5 Å². The van der Waals surface area contributed by atoms with Crippen LogP contribution in [0.25, 0.3) is 11.0 Å². The van der Waals surface area contributed by atoms with Crippen molar-refractivity contribution in [2.24, 2.45) is 11.3 Å². The van der Waals surface area contributed by atoms with Crippen molar-refractivity contribution in [2.45, 2.75) is 53.5 Å². The number of nitrogens with zero attached hydrogens (tertiary/aromatic N) is 3. The molecule has 1 aliphatic heterocycles. The van der Waals surface area contributed by atoms with Gasteiger partial charge in [-0.3, -0.25) is 0 Å². The number of ether oxygens (including phenoxy) is 1. The van der Waals surface area contributed by atoms with E-state index in [2.05, 4.69) is 37.3 Å². The molecule has 2 heterocycles. The smallest absolute Gasteiger partial charge is 0.337 e. The third-order valence-electron chi connectivity index (χ3n) is 5.22. The highest BCUT2D eigenvalue weighted by Crippen LogP contribution is 2.28. The number of hydrogen-bond acceptors (Lipinski definition) is 5. The molecule has 160 valence electrons. The van der Waals surface area contributed by atoms with E-state index < -0.39 is 0 Å². The van der Waals surface area contributed by atoms with Crippen LogP contribution in [0.4, 0.5) is 0 Å². The molecule has 3 rings (SSSR count). The molecule has 0 atom stereocenters. The Hall–Kier alpha value is -2.21. The second-order valence-electron chi connectivity index (χ2n) is 9.05. The van der Waals surface area contributed by atoms with Gasteiger partial charge in [-0.05, 0) is 69.4 Å². The van der Waals surface area contributed by atoms with Crippen molar-refractivity contribution in [1.29, 1.82) is 0 Å². The molecule has 0 N–H and O–H groups in total. The predicted molar refractivity (Wildman–Crippen MR) is 116 cm³/mol. The van der Waals surface area contributed by atoms with Gasteiger partial charge >= 0.3 is 5.97 Å². The van der Waals surface area contributed by atoms with Crippen LogP contribution in [0.3, 0.4) is 0 Å². The topological polar surface area (TPSA) is 64.4 Å². The number of carbonyl (C=O) groups is 2. The molecule has 2 aromatic rings. The number of carbonyl (C=O) groups excluding carboxylic acids is 2. The molecule has 1 aliphatic rings. The zero-order chi connectivity index (χ0) is 21.6. The molecule has 1 saturated heterocycles. The standard InChI is InChI=1S/C21H31N3O2.C2H4O/c1-21(2,3)13-19-22-17-12-16(20(25)26-5)6-7-18(17)24(19)14-15-8-10-23(4)11-9-15;1-2-3/h6-7,12,15H,8-11,13-14H2,1-5H3;2H,1H3. The van der Waals surface area contributed by atoms with Crippen LogP contribution in [-0.4, -0.2) is 54.0 Å².